The maximum Gasteiger partial charge on any atom is 0.263 e. The largest absolute Gasteiger partial charge is 0.322 e. The summed E-state index contributed by atoms with van der Waals surface area (Å²) >= 11 is 0. The Morgan fingerprint density at radius 3 is 2.54 bits per heavy atom. The molecule has 0 aliphatic heterocycles. The van der Waals surface area contributed by atoms with Gasteiger partial charge in [0.25, 0.3) is 11.5 Å². The van der Waals surface area contributed by atoms with E-state index in [0.29, 0.717) is 12.2 Å². The third-order valence-electron chi connectivity index (χ3n) is 3.74. The summed E-state index contributed by atoms with van der Waals surface area (Å²) < 4.78 is 1.54. The van der Waals surface area contributed by atoms with E-state index in [0.717, 1.165) is 11.1 Å². The lowest BCUT2D eigenvalue weighted by Gasteiger charge is -2.09. The molecule has 1 heterocycles. The van der Waals surface area contributed by atoms with Gasteiger partial charge in [0.05, 0.1) is 6.54 Å². The van der Waals surface area contributed by atoms with Crippen LogP contribution in [0, 0.1) is 6.92 Å². The Hall–Kier alpha value is -3.14. The number of anilines is 1. The van der Waals surface area contributed by atoms with E-state index in [1.807, 2.05) is 55.5 Å². The van der Waals surface area contributed by atoms with Crippen LogP contribution in [-0.4, -0.2) is 10.5 Å². The highest BCUT2D eigenvalue weighted by molar-refractivity contribution is 6.04. The molecule has 1 N–H and O–H groups in total. The number of rotatable bonds is 4. The van der Waals surface area contributed by atoms with E-state index in [4.69, 9.17) is 0 Å². The minimum absolute atomic E-state index is 0.134. The van der Waals surface area contributed by atoms with E-state index in [2.05, 4.69) is 5.32 Å². The van der Waals surface area contributed by atoms with Crippen molar-refractivity contribution in [2.75, 3.05) is 5.32 Å². The van der Waals surface area contributed by atoms with Gasteiger partial charge in [-0.25, -0.2) is 0 Å². The average molecular weight is 318 g/mol. The van der Waals surface area contributed by atoms with E-state index in [9.17, 15) is 9.59 Å². The maximum absolute atomic E-state index is 12.6. The highest BCUT2D eigenvalue weighted by Gasteiger charge is 2.12. The number of nitrogens with one attached hydrogen (secondary N) is 1. The zero-order valence-electron chi connectivity index (χ0n) is 13.4. The van der Waals surface area contributed by atoms with Crippen molar-refractivity contribution in [3.63, 3.8) is 0 Å². The lowest BCUT2D eigenvalue weighted by Crippen LogP contribution is -2.29. The third-order valence-corrected chi connectivity index (χ3v) is 3.74. The van der Waals surface area contributed by atoms with Crippen LogP contribution in [0.1, 0.15) is 21.5 Å². The van der Waals surface area contributed by atoms with Crippen molar-refractivity contribution in [3.8, 4) is 0 Å². The maximum atomic E-state index is 12.6. The Bertz CT molecular complexity index is 914. The van der Waals surface area contributed by atoms with Crippen molar-refractivity contribution in [3.05, 3.63) is 100.0 Å². The van der Waals surface area contributed by atoms with Gasteiger partial charge in [-0.05, 0) is 42.3 Å². The first-order valence-corrected chi connectivity index (χ1v) is 7.75. The van der Waals surface area contributed by atoms with Gasteiger partial charge < -0.3 is 9.88 Å². The third kappa shape index (κ3) is 3.60. The molecule has 0 bridgehead atoms. The molecule has 4 nitrogen and oxygen atoms in total. The quantitative estimate of drug-likeness (QED) is 0.801. The molecule has 1 amide bonds. The van der Waals surface area contributed by atoms with Crippen LogP contribution in [0.15, 0.2) is 77.7 Å². The number of nitrogens with zero attached hydrogens (tertiary/aromatic N) is 1. The molecule has 0 unspecified atom stereocenters. The summed E-state index contributed by atoms with van der Waals surface area (Å²) in [5.41, 5.74) is 2.57. The van der Waals surface area contributed by atoms with Crippen molar-refractivity contribution < 1.29 is 4.79 Å². The number of hydrogen-bond acceptors (Lipinski definition) is 2. The van der Waals surface area contributed by atoms with Crippen LogP contribution in [0.5, 0.6) is 0 Å². The summed E-state index contributed by atoms with van der Waals surface area (Å²) in [6, 6.07) is 20.4. The Kier molecular flexibility index (Phi) is 4.57. The lowest BCUT2D eigenvalue weighted by molar-refractivity contribution is 0.102. The number of benzene rings is 2. The fourth-order valence-corrected chi connectivity index (χ4v) is 2.54. The van der Waals surface area contributed by atoms with E-state index >= 15 is 0 Å². The van der Waals surface area contributed by atoms with Gasteiger partial charge in [-0.3, -0.25) is 9.59 Å². The van der Waals surface area contributed by atoms with Crippen LogP contribution in [0.4, 0.5) is 5.69 Å². The molecule has 24 heavy (non-hydrogen) atoms. The highest BCUT2D eigenvalue weighted by Crippen LogP contribution is 2.10. The molecule has 2 aromatic carbocycles. The molecule has 0 radical (unpaired) electrons. The predicted molar refractivity (Wildman–Crippen MR) is 95.4 cm³/mol. The molecular weight excluding hydrogens is 300 g/mol. The molecule has 120 valence electrons. The summed E-state index contributed by atoms with van der Waals surface area (Å²) in [6.45, 7) is 2.39. The standard InChI is InChI=1S/C20H18N2O2/c1-15-7-5-10-17(13-15)21-19(23)18-11-6-12-22(20(18)24)14-16-8-3-2-4-9-16/h2-13H,14H2,1H3,(H,21,23). The minimum atomic E-state index is -0.395. The monoisotopic (exact) mass is 318 g/mol. The average Bonchev–Trinajstić information content (AvgIpc) is 2.57. The predicted octanol–water partition coefficient (Wildman–Crippen LogP) is 3.46. The van der Waals surface area contributed by atoms with Gasteiger partial charge in [0.15, 0.2) is 0 Å². The SMILES string of the molecule is Cc1cccc(NC(=O)c2cccn(Cc3ccccc3)c2=O)c1. The first-order valence-electron chi connectivity index (χ1n) is 7.75. The van der Waals surface area contributed by atoms with Crippen molar-refractivity contribution in [1.29, 1.82) is 0 Å². The Labute approximate surface area is 140 Å². The van der Waals surface area contributed by atoms with E-state index in [-0.39, 0.29) is 11.1 Å². The normalized spacial score (nSPS) is 10.4. The number of amides is 1. The first-order chi connectivity index (χ1) is 11.6. The van der Waals surface area contributed by atoms with Crippen molar-refractivity contribution in [2.45, 2.75) is 13.5 Å². The summed E-state index contributed by atoms with van der Waals surface area (Å²) in [5.74, 6) is -0.395. The molecular formula is C20H18N2O2. The van der Waals surface area contributed by atoms with E-state index in [1.54, 1.807) is 29.0 Å². The van der Waals surface area contributed by atoms with Crippen LogP contribution < -0.4 is 10.9 Å². The van der Waals surface area contributed by atoms with Gasteiger partial charge in [0, 0.05) is 11.9 Å². The summed E-state index contributed by atoms with van der Waals surface area (Å²) in [4.78, 5) is 25.0. The molecule has 0 aliphatic rings. The Balaban J connectivity index is 1.85. The highest BCUT2D eigenvalue weighted by atomic mass is 16.2. The molecule has 3 rings (SSSR count). The van der Waals surface area contributed by atoms with Crippen LogP contribution in [0.25, 0.3) is 0 Å². The molecule has 0 saturated heterocycles. The van der Waals surface area contributed by atoms with Gasteiger partial charge in [-0.15, -0.1) is 0 Å². The number of carbonyl (C=O) groups excluding carboxylic acids is 1. The number of pyridine rings is 1. The van der Waals surface area contributed by atoms with Crippen LogP contribution in [0.3, 0.4) is 0 Å². The zero-order chi connectivity index (χ0) is 16.9. The van der Waals surface area contributed by atoms with Gasteiger partial charge in [0.1, 0.15) is 5.56 Å². The first kappa shape index (κ1) is 15.7. The molecule has 0 spiro atoms. The minimum Gasteiger partial charge on any atom is -0.322 e. The number of carbonyl (C=O) groups is 1. The van der Waals surface area contributed by atoms with Crippen LogP contribution >= 0.6 is 0 Å². The number of aromatic nitrogens is 1. The number of hydrogen-bond donors (Lipinski definition) is 1. The second-order valence-corrected chi connectivity index (χ2v) is 5.66. The second-order valence-electron chi connectivity index (χ2n) is 5.66. The summed E-state index contributed by atoms with van der Waals surface area (Å²) in [5, 5.41) is 2.78. The Morgan fingerprint density at radius 1 is 1.00 bits per heavy atom. The molecule has 0 atom stereocenters. The van der Waals surface area contributed by atoms with Crippen LogP contribution in [-0.2, 0) is 6.54 Å². The molecule has 0 fully saturated rings. The van der Waals surface area contributed by atoms with E-state index < -0.39 is 5.91 Å². The summed E-state index contributed by atoms with van der Waals surface area (Å²) in [6.07, 6.45) is 1.69. The topological polar surface area (TPSA) is 51.1 Å². The number of aryl methyl sites for hydroxylation is 1. The second kappa shape index (κ2) is 6.96. The van der Waals surface area contributed by atoms with Crippen molar-refractivity contribution in [2.24, 2.45) is 0 Å². The van der Waals surface area contributed by atoms with Crippen molar-refractivity contribution in [1.82, 2.24) is 4.57 Å². The Morgan fingerprint density at radius 2 is 1.79 bits per heavy atom. The van der Waals surface area contributed by atoms with Gasteiger partial charge in [-0.2, -0.15) is 0 Å². The smallest absolute Gasteiger partial charge is 0.263 e. The molecule has 3 aromatic rings. The zero-order valence-corrected chi connectivity index (χ0v) is 13.4. The van der Waals surface area contributed by atoms with Crippen molar-refractivity contribution >= 4 is 11.6 Å². The van der Waals surface area contributed by atoms with Gasteiger partial charge >= 0.3 is 0 Å². The van der Waals surface area contributed by atoms with E-state index in [1.165, 1.54) is 0 Å². The summed E-state index contributed by atoms with van der Waals surface area (Å²) in [7, 11) is 0. The molecule has 1 aromatic heterocycles. The van der Waals surface area contributed by atoms with Gasteiger partial charge in [0.2, 0.25) is 0 Å². The lowest BCUT2D eigenvalue weighted by atomic mass is 10.2. The van der Waals surface area contributed by atoms with Crippen LogP contribution in [0.2, 0.25) is 0 Å². The molecule has 4 heteroatoms. The van der Waals surface area contributed by atoms with Gasteiger partial charge in [-0.1, -0.05) is 42.5 Å². The fraction of sp³-hybridized carbons (Fsp3) is 0.100. The molecule has 0 saturated carbocycles. The fourth-order valence-electron chi connectivity index (χ4n) is 2.54. The molecule has 0 aliphatic carbocycles.